The highest BCUT2D eigenvalue weighted by atomic mass is 16.5. The molecule has 1 aliphatic rings. The highest BCUT2D eigenvalue weighted by Gasteiger charge is 2.36. The summed E-state index contributed by atoms with van der Waals surface area (Å²) in [6.07, 6.45) is 3.70. The molecule has 1 fully saturated rings. The molecule has 1 aromatic rings. The fourth-order valence-corrected chi connectivity index (χ4v) is 2.95. The summed E-state index contributed by atoms with van der Waals surface area (Å²) in [5.41, 5.74) is 12.4. The van der Waals surface area contributed by atoms with Crippen LogP contribution < -0.4 is 11.5 Å². The summed E-state index contributed by atoms with van der Waals surface area (Å²) < 4.78 is 5.38. The number of nitrogens with two attached hydrogens (primary N) is 2. The molecule has 1 aliphatic heterocycles. The van der Waals surface area contributed by atoms with Crippen LogP contribution in [0.25, 0.3) is 0 Å². The molecule has 0 aliphatic carbocycles. The van der Waals surface area contributed by atoms with Gasteiger partial charge in [0, 0.05) is 6.54 Å². The van der Waals surface area contributed by atoms with Crippen molar-refractivity contribution in [2.24, 2.45) is 11.5 Å². The molecule has 0 bridgehead atoms. The number of amides is 1. The number of unbranched alkanes of at least 4 members (excludes halogenated alkanes) is 1. The Labute approximate surface area is 143 Å². The third-order valence-corrected chi connectivity index (χ3v) is 4.32. The molecule has 132 valence electrons. The lowest BCUT2D eigenvalue weighted by atomic mass is 10.1. The van der Waals surface area contributed by atoms with Crippen molar-refractivity contribution in [2.75, 3.05) is 13.1 Å². The monoisotopic (exact) mass is 333 g/mol. The molecular formula is C18H27N3O3. The van der Waals surface area contributed by atoms with Crippen LogP contribution in [0.3, 0.4) is 0 Å². The molecule has 1 saturated heterocycles. The summed E-state index contributed by atoms with van der Waals surface area (Å²) in [4.78, 5) is 26.4. The summed E-state index contributed by atoms with van der Waals surface area (Å²) in [5.74, 6) is -0.509. The van der Waals surface area contributed by atoms with Gasteiger partial charge in [-0.1, -0.05) is 36.8 Å². The lowest BCUT2D eigenvalue weighted by Gasteiger charge is -2.26. The van der Waals surface area contributed by atoms with E-state index in [1.807, 2.05) is 30.3 Å². The fourth-order valence-electron chi connectivity index (χ4n) is 2.95. The third-order valence-electron chi connectivity index (χ3n) is 4.32. The van der Waals surface area contributed by atoms with Crippen molar-refractivity contribution in [3.8, 4) is 0 Å². The van der Waals surface area contributed by atoms with Crippen molar-refractivity contribution in [1.82, 2.24) is 4.90 Å². The first-order chi connectivity index (χ1) is 11.6. The molecule has 1 aromatic carbocycles. The quantitative estimate of drug-likeness (QED) is 0.550. The van der Waals surface area contributed by atoms with Gasteiger partial charge in [-0.15, -0.1) is 0 Å². The first-order valence-electron chi connectivity index (χ1n) is 8.60. The first-order valence-corrected chi connectivity index (χ1v) is 8.60. The summed E-state index contributed by atoms with van der Waals surface area (Å²) in [7, 11) is 0. The molecule has 2 rings (SSSR count). The largest absolute Gasteiger partial charge is 0.459 e. The Morgan fingerprint density at radius 3 is 2.71 bits per heavy atom. The molecule has 24 heavy (non-hydrogen) atoms. The zero-order chi connectivity index (χ0) is 17.4. The van der Waals surface area contributed by atoms with Gasteiger partial charge in [0.25, 0.3) is 0 Å². The van der Waals surface area contributed by atoms with E-state index in [0.717, 1.165) is 24.8 Å². The number of carbonyl (C=O) groups is 2. The molecule has 6 heteroatoms. The van der Waals surface area contributed by atoms with Gasteiger partial charge in [-0.25, -0.2) is 4.79 Å². The van der Waals surface area contributed by atoms with E-state index in [2.05, 4.69) is 0 Å². The second-order valence-corrected chi connectivity index (χ2v) is 6.17. The van der Waals surface area contributed by atoms with E-state index in [-0.39, 0.29) is 18.5 Å². The van der Waals surface area contributed by atoms with Gasteiger partial charge in [-0.3, -0.25) is 4.79 Å². The SMILES string of the molecule is NCCCC[C@H](N)C(=O)N1CCC[C@H]1C(=O)OCc1ccccc1. The second kappa shape index (κ2) is 9.39. The van der Waals surface area contributed by atoms with Crippen molar-refractivity contribution in [1.29, 1.82) is 0 Å². The van der Waals surface area contributed by atoms with Crippen LogP contribution in [-0.2, 0) is 20.9 Å². The molecule has 4 N–H and O–H groups in total. The minimum absolute atomic E-state index is 0.161. The van der Waals surface area contributed by atoms with Crippen LogP contribution in [-0.4, -0.2) is 41.9 Å². The van der Waals surface area contributed by atoms with Crippen molar-refractivity contribution < 1.29 is 14.3 Å². The third kappa shape index (κ3) is 5.04. The summed E-state index contributed by atoms with van der Waals surface area (Å²) in [6, 6.07) is 8.43. The van der Waals surface area contributed by atoms with Gasteiger partial charge < -0.3 is 21.1 Å². The van der Waals surface area contributed by atoms with E-state index in [1.165, 1.54) is 0 Å². The molecule has 1 heterocycles. The van der Waals surface area contributed by atoms with Gasteiger partial charge in [0.1, 0.15) is 12.6 Å². The molecule has 0 radical (unpaired) electrons. The minimum Gasteiger partial charge on any atom is -0.459 e. The second-order valence-electron chi connectivity index (χ2n) is 6.17. The van der Waals surface area contributed by atoms with E-state index >= 15 is 0 Å². The molecular weight excluding hydrogens is 306 g/mol. The van der Waals surface area contributed by atoms with Crippen LogP contribution >= 0.6 is 0 Å². The number of benzene rings is 1. The number of rotatable bonds is 8. The highest BCUT2D eigenvalue weighted by molar-refractivity contribution is 5.88. The van der Waals surface area contributed by atoms with Gasteiger partial charge >= 0.3 is 5.97 Å². The van der Waals surface area contributed by atoms with Crippen LogP contribution in [0.1, 0.15) is 37.7 Å². The van der Waals surface area contributed by atoms with Gasteiger partial charge in [0.05, 0.1) is 6.04 Å². The number of carbonyl (C=O) groups excluding carboxylic acids is 2. The molecule has 0 saturated carbocycles. The maximum atomic E-state index is 12.5. The Morgan fingerprint density at radius 1 is 1.25 bits per heavy atom. The maximum absolute atomic E-state index is 12.5. The normalized spacial score (nSPS) is 18.4. The van der Waals surface area contributed by atoms with E-state index in [9.17, 15) is 9.59 Å². The minimum atomic E-state index is -0.570. The molecule has 0 unspecified atom stereocenters. The van der Waals surface area contributed by atoms with Gasteiger partial charge in [0.15, 0.2) is 0 Å². The van der Waals surface area contributed by atoms with Crippen LogP contribution in [0.4, 0.5) is 0 Å². The summed E-state index contributed by atoms with van der Waals surface area (Å²) in [5, 5.41) is 0. The standard InChI is InChI=1S/C18H27N3O3/c19-11-5-4-9-15(20)17(22)21-12-6-10-16(21)18(23)24-13-14-7-2-1-3-8-14/h1-3,7-8,15-16H,4-6,9-13,19-20H2/t15-,16-/m0/s1. The summed E-state index contributed by atoms with van der Waals surface area (Å²) in [6.45, 7) is 1.38. The van der Waals surface area contributed by atoms with Crippen LogP contribution in [0, 0.1) is 0 Å². The molecule has 0 spiro atoms. The van der Waals surface area contributed by atoms with Crippen LogP contribution in [0.2, 0.25) is 0 Å². The van der Waals surface area contributed by atoms with Crippen molar-refractivity contribution in [2.45, 2.75) is 50.8 Å². The Hall–Kier alpha value is -1.92. The van der Waals surface area contributed by atoms with Crippen molar-refractivity contribution in [3.05, 3.63) is 35.9 Å². The van der Waals surface area contributed by atoms with Gasteiger partial charge in [-0.05, 0) is 37.8 Å². The molecule has 2 atom stereocenters. The number of hydrogen-bond acceptors (Lipinski definition) is 5. The average Bonchev–Trinajstić information content (AvgIpc) is 3.09. The predicted molar refractivity (Wildman–Crippen MR) is 91.9 cm³/mol. The number of hydrogen-bond donors (Lipinski definition) is 2. The molecule has 6 nitrogen and oxygen atoms in total. The van der Waals surface area contributed by atoms with E-state index in [0.29, 0.717) is 25.9 Å². The summed E-state index contributed by atoms with van der Waals surface area (Å²) >= 11 is 0. The number of nitrogens with zero attached hydrogens (tertiary/aromatic N) is 1. The van der Waals surface area contributed by atoms with Gasteiger partial charge in [-0.2, -0.15) is 0 Å². The van der Waals surface area contributed by atoms with Crippen LogP contribution in [0.15, 0.2) is 30.3 Å². The van der Waals surface area contributed by atoms with Gasteiger partial charge in [0.2, 0.25) is 5.91 Å². The average molecular weight is 333 g/mol. The van der Waals surface area contributed by atoms with Crippen LogP contribution in [0.5, 0.6) is 0 Å². The van der Waals surface area contributed by atoms with E-state index < -0.39 is 12.1 Å². The zero-order valence-corrected chi connectivity index (χ0v) is 14.0. The Morgan fingerprint density at radius 2 is 2.00 bits per heavy atom. The molecule has 0 aromatic heterocycles. The lowest BCUT2D eigenvalue weighted by Crippen LogP contribution is -2.48. The maximum Gasteiger partial charge on any atom is 0.329 e. The topological polar surface area (TPSA) is 98.6 Å². The number of ether oxygens (including phenoxy) is 1. The smallest absolute Gasteiger partial charge is 0.329 e. The highest BCUT2D eigenvalue weighted by Crippen LogP contribution is 2.20. The number of likely N-dealkylation sites (tertiary alicyclic amines) is 1. The van der Waals surface area contributed by atoms with E-state index in [1.54, 1.807) is 4.90 Å². The molecule has 1 amide bonds. The van der Waals surface area contributed by atoms with Crippen molar-refractivity contribution in [3.63, 3.8) is 0 Å². The number of esters is 1. The van der Waals surface area contributed by atoms with Crippen molar-refractivity contribution >= 4 is 11.9 Å². The predicted octanol–water partition coefficient (Wildman–Crippen LogP) is 1.18. The first kappa shape index (κ1) is 18.4. The lowest BCUT2D eigenvalue weighted by molar-refractivity contribution is -0.154. The Balaban J connectivity index is 1.86. The van der Waals surface area contributed by atoms with E-state index in [4.69, 9.17) is 16.2 Å². The fraction of sp³-hybridized carbons (Fsp3) is 0.556. The Bertz CT molecular complexity index is 536. The Kier molecular flexibility index (Phi) is 7.21. The zero-order valence-electron chi connectivity index (χ0n) is 14.0.